The summed E-state index contributed by atoms with van der Waals surface area (Å²) >= 11 is 1.22. The topological polar surface area (TPSA) is 95.9 Å². The Morgan fingerprint density at radius 2 is 1.76 bits per heavy atom. The standard InChI is InChI=1S/C27H25F3N2O5S/c1-2-19-14-20(24(34)17-8-10-18(11-9-17)37-27(28,29)30)25(38-19)31-23(33)15-32-21(12-13-22(32)26(35)36)16-6-4-3-5-7-16/h3-11,14,21-22H,2,12-13,15H2,1H3,(H,31,33)(H,35,36). The third kappa shape index (κ3) is 6.40. The Bertz CT molecular complexity index is 1310. The summed E-state index contributed by atoms with van der Waals surface area (Å²) in [5.41, 5.74) is 1.26. The molecule has 2 aromatic carbocycles. The fraction of sp³-hybridized carbons (Fsp3) is 0.296. The Morgan fingerprint density at radius 3 is 2.37 bits per heavy atom. The number of ether oxygens (including phenoxy) is 1. The molecule has 11 heteroatoms. The molecule has 0 bridgehead atoms. The highest BCUT2D eigenvalue weighted by molar-refractivity contribution is 7.16. The van der Waals surface area contributed by atoms with Crippen LogP contribution in [0, 0.1) is 0 Å². The lowest BCUT2D eigenvalue weighted by molar-refractivity contribution is -0.274. The van der Waals surface area contributed by atoms with Crippen LogP contribution >= 0.6 is 11.3 Å². The number of hydrogen-bond acceptors (Lipinski definition) is 6. The lowest BCUT2D eigenvalue weighted by atomic mass is 10.0. The van der Waals surface area contributed by atoms with E-state index >= 15 is 0 Å². The van der Waals surface area contributed by atoms with Gasteiger partial charge in [0.05, 0.1) is 12.1 Å². The number of amides is 1. The molecule has 4 rings (SSSR count). The number of alkyl halides is 3. The molecule has 200 valence electrons. The third-order valence-corrected chi connectivity index (χ3v) is 7.48. The summed E-state index contributed by atoms with van der Waals surface area (Å²) in [4.78, 5) is 40.7. The lowest BCUT2D eigenvalue weighted by Gasteiger charge is -2.27. The maximum absolute atomic E-state index is 13.2. The fourth-order valence-corrected chi connectivity index (χ4v) is 5.57. The normalized spacial score (nSPS) is 17.8. The molecule has 38 heavy (non-hydrogen) atoms. The molecule has 0 aliphatic carbocycles. The minimum atomic E-state index is -4.85. The average molecular weight is 547 g/mol. The summed E-state index contributed by atoms with van der Waals surface area (Å²) in [6.07, 6.45) is -3.26. The Hall–Kier alpha value is -3.70. The number of aryl methyl sites for hydroxylation is 1. The van der Waals surface area contributed by atoms with Crippen molar-refractivity contribution >= 4 is 34.0 Å². The minimum Gasteiger partial charge on any atom is -0.480 e. The van der Waals surface area contributed by atoms with E-state index < -0.39 is 35.8 Å². The van der Waals surface area contributed by atoms with Gasteiger partial charge in [-0.2, -0.15) is 0 Å². The Balaban J connectivity index is 1.53. The fourth-order valence-electron chi connectivity index (χ4n) is 4.56. The molecule has 2 heterocycles. The average Bonchev–Trinajstić information content (AvgIpc) is 3.47. The molecule has 2 N–H and O–H groups in total. The monoisotopic (exact) mass is 546 g/mol. The van der Waals surface area contributed by atoms with E-state index in [2.05, 4.69) is 10.1 Å². The number of likely N-dealkylation sites (tertiary alicyclic amines) is 1. The van der Waals surface area contributed by atoms with Gasteiger partial charge in [0.15, 0.2) is 5.78 Å². The SMILES string of the molecule is CCc1cc(C(=O)c2ccc(OC(F)(F)F)cc2)c(NC(=O)CN2C(C(=O)O)CCC2c2ccccc2)s1. The maximum Gasteiger partial charge on any atom is 0.573 e. The summed E-state index contributed by atoms with van der Waals surface area (Å²) in [5.74, 6) is -2.39. The first-order valence-electron chi connectivity index (χ1n) is 11.9. The number of nitrogens with one attached hydrogen (secondary N) is 1. The molecule has 7 nitrogen and oxygen atoms in total. The number of thiophene rings is 1. The summed E-state index contributed by atoms with van der Waals surface area (Å²) < 4.78 is 41.2. The Kier molecular flexibility index (Phi) is 8.17. The van der Waals surface area contributed by atoms with Crippen molar-refractivity contribution in [1.29, 1.82) is 0 Å². The molecular formula is C27H25F3N2O5S. The summed E-state index contributed by atoms with van der Waals surface area (Å²) in [6, 6.07) is 14.5. The molecule has 2 unspecified atom stereocenters. The van der Waals surface area contributed by atoms with Crippen molar-refractivity contribution in [2.75, 3.05) is 11.9 Å². The number of ketones is 1. The van der Waals surface area contributed by atoms with Gasteiger partial charge in [0, 0.05) is 16.5 Å². The number of hydrogen-bond donors (Lipinski definition) is 2. The summed E-state index contributed by atoms with van der Waals surface area (Å²) in [5, 5.41) is 12.8. The summed E-state index contributed by atoms with van der Waals surface area (Å²) in [6.45, 7) is 1.70. The number of rotatable bonds is 9. The Morgan fingerprint density at radius 1 is 1.08 bits per heavy atom. The van der Waals surface area contributed by atoms with Crippen LogP contribution in [-0.4, -0.2) is 46.6 Å². The molecule has 1 aliphatic rings. The van der Waals surface area contributed by atoms with E-state index in [-0.39, 0.29) is 23.7 Å². The van der Waals surface area contributed by atoms with Crippen LogP contribution in [0.3, 0.4) is 0 Å². The maximum atomic E-state index is 13.2. The first kappa shape index (κ1) is 27.3. The van der Waals surface area contributed by atoms with E-state index in [1.54, 1.807) is 11.0 Å². The van der Waals surface area contributed by atoms with E-state index in [9.17, 15) is 32.7 Å². The van der Waals surface area contributed by atoms with Crippen LogP contribution in [0.5, 0.6) is 5.75 Å². The third-order valence-electron chi connectivity index (χ3n) is 6.29. The number of nitrogens with zero attached hydrogens (tertiary/aromatic N) is 1. The molecule has 1 aromatic heterocycles. The Labute approximate surface area is 220 Å². The molecule has 0 radical (unpaired) electrons. The van der Waals surface area contributed by atoms with Crippen LogP contribution in [0.2, 0.25) is 0 Å². The van der Waals surface area contributed by atoms with Crippen LogP contribution in [-0.2, 0) is 16.0 Å². The van der Waals surface area contributed by atoms with Crippen molar-refractivity contribution in [1.82, 2.24) is 4.90 Å². The predicted octanol–water partition coefficient (Wildman–Crippen LogP) is 5.67. The molecule has 3 aromatic rings. The molecule has 2 atom stereocenters. The number of carbonyl (C=O) groups excluding carboxylic acids is 2. The summed E-state index contributed by atoms with van der Waals surface area (Å²) in [7, 11) is 0. The van der Waals surface area contributed by atoms with Gasteiger partial charge >= 0.3 is 12.3 Å². The zero-order valence-corrected chi connectivity index (χ0v) is 21.1. The smallest absolute Gasteiger partial charge is 0.480 e. The van der Waals surface area contributed by atoms with Gasteiger partial charge in [-0.15, -0.1) is 24.5 Å². The lowest BCUT2D eigenvalue weighted by Crippen LogP contribution is -2.42. The highest BCUT2D eigenvalue weighted by Crippen LogP contribution is 2.37. The molecule has 0 spiro atoms. The minimum absolute atomic E-state index is 0.130. The number of anilines is 1. The molecule has 1 fully saturated rings. The van der Waals surface area contributed by atoms with E-state index in [0.717, 1.165) is 22.6 Å². The number of carbonyl (C=O) groups is 3. The van der Waals surface area contributed by atoms with E-state index in [1.165, 1.54) is 23.5 Å². The van der Waals surface area contributed by atoms with Crippen LogP contribution in [0.15, 0.2) is 60.7 Å². The van der Waals surface area contributed by atoms with Crippen LogP contribution in [0.4, 0.5) is 18.2 Å². The van der Waals surface area contributed by atoms with E-state index in [1.807, 2.05) is 37.3 Å². The van der Waals surface area contributed by atoms with Crippen LogP contribution in [0.25, 0.3) is 0 Å². The van der Waals surface area contributed by atoms with Gasteiger partial charge in [-0.05, 0) is 55.2 Å². The first-order valence-corrected chi connectivity index (χ1v) is 12.7. The largest absolute Gasteiger partial charge is 0.573 e. The number of carboxylic acids is 1. The number of aliphatic carboxylic acids is 1. The van der Waals surface area contributed by atoms with Gasteiger partial charge in [-0.3, -0.25) is 19.3 Å². The second-order valence-corrected chi connectivity index (χ2v) is 9.93. The zero-order chi connectivity index (χ0) is 27.4. The predicted molar refractivity (Wildman–Crippen MR) is 135 cm³/mol. The molecule has 1 saturated heterocycles. The highest BCUT2D eigenvalue weighted by Gasteiger charge is 2.39. The second kappa shape index (κ2) is 11.4. The molecule has 0 saturated carbocycles. The number of benzene rings is 2. The molecule has 1 amide bonds. The van der Waals surface area contributed by atoms with E-state index in [0.29, 0.717) is 24.3 Å². The van der Waals surface area contributed by atoms with Gasteiger partial charge in [-0.25, -0.2) is 0 Å². The van der Waals surface area contributed by atoms with Crippen LogP contribution in [0.1, 0.15) is 52.2 Å². The first-order chi connectivity index (χ1) is 18.1. The van der Waals surface area contributed by atoms with Crippen molar-refractivity contribution in [2.45, 2.75) is 44.6 Å². The van der Waals surface area contributed by atoms with Gasteiger partial charge in [0.2, 0.25) is 5.91 Å². The molecular weight excluding hydrogens is 521 g/mol. The number of carboxylic acid groups (broad SMARTS) is 1. The quantitative estimate of drug-likeness (QED) is 0.336. The van der Waals surface area contributed by atoms with Crippen molar-refractivity contribution in [3.63, 3.8) is 0 Å². The van der Waals surface area contributed by atoms with E-state index in [4.69, 9.17) is 0 Å². The van der Waals surface area contributed by atoms with Crippen molar-refractivity contribution in [3.05, 3.63) is 82.2 Å². The van der Waals surface area contributed by atoms with Crippen LogP contribution < -0.4 is 10.1 Å². The number of halogens is 3. The van der Waals surface area contributed by atoms with Crippen molar-refractivity contribution in [3.8, 4) is 5.75 Å². The van der Waals surface area contributed by atoms with Gasteiger partial charge in [0.25, 0.3) is 0 Å². The van der Waals surface area contributed by atoms with Gasteiger partial charge in [-0.1, -0.05) is 37.3 Å². The van der Waals surface area contributed by atoms with Crippen molar-refractivity contribution in [2.24, 2.45) is 0 Å². The van der Waals surface area contributed by atoms with Gasteiger partial charge < -0.3 is 15.2 Å². The van der Waals surface area contributed by atoms with Gasteiger partial charge in [0.1, 0.15) is 16.8 Å². The van der Waals surface area contributed by atoms with Crippen molar-refractivity contribution < 1.29 is 37.4 Å². The zero-order valence-electron chi connectivity index (χ0n) is 20.3. The second-order valence-electron chi connectivity index (χ2n) is 8.79. The molecule has 1 aliphatic heterocycles. The highest BCUT2D eigenvalue weighted by atomic mass is 32.1.